The average Bonchev–Trinajstić information content (AvgIpc) is 2.35. The molecule has 0 radical (unpaired) electrons. The monoisotopic (exact) mass is 280 g/mol. The molecule has 0 fully saturated rings. The van der Waals surface area contributed by atoms with Crippen LogP contribution in [-0.2, 0) is 27.3 Å². The summed E-state index contributed by atoms with van der Waals surface area (Å²) in [5.74, 6) is -2.71. The Balaban J connectivity index is 2.63. The number of carbonyl (C=O) groups is 3. The second kappa shape index (κ2) is 7.25. The number of nitrogens with one attached hydrogen (secondary N) is 1. The standard InChI is InChI=1S/C13H16N2O5/c14-10(6-12(18)19)13(20)15-7-9-4-2-1-3-8(9)5-11(16)17/h1-4,10H,5-7,14H2,(H,15,20)(H,16,17)(H,18,19)/t10-/m0/s1. The highest BCUT2D eigenvalue weighted by atomic mass is 16.4. The second-order valence-corrected chi connectivity index (χ2v) is 4.26. The van der Waals surface area contributed by atoms with E-state index in [1.165, 1.54) is 0 Å². The maximum atomic E-state index is 11.6. The molecule has 7 heteroatoms. The quantitative estimate of drug-likeness (QED) is 0.544. The molecule has 0 aliphatic rings. The van der Waals surface area contributed by atoms with Gasteiger partial charge in [-0.05, 0) is 11.1 Å². The van der Waals surface area contributed by atoms with Gasteiger partial charge in [-0.15, -0.1) is 0 Å². The van der Waals surface area contributed by atoms with Gasteiger partial charge < -0.3 is 21.3 Å². The van der Waals surface area contributed by atoms with Gasteiger partial charge in [0.25, 0.3) is 0 Å². The van der Waals surface area contributed by atoms with Crippen LogP contribution in [0.2, 0.25) is 0 Å². The Kier molecular flexibility index (Phi) is 5.67. The van der Waals surface area contributed by atoms with E-state index in [0.29, 0.717) is 11.1 Å². The van der Waals surface area contributed by atoms with Gasteiger partial charge in [-0.3, -0.25) is 14.4 Å². The number of hydrogen-bond donors (Lipinski definition) is 4. The molecule has 1 rings (SSSR count). The van der Waals surface area contributed by atoms with Crippen LogP contribution in [0.15, 0.2) is 24.3 Å². The smallest absolute Gasteiger partial charge is 0.307 e. The molecule has 0 saturated heterocycles. The van der Waals surface area contributed by atoms with Crippen molar-refractivity contribution in [1.82, 2.24) is 5.32 Å². The van der Waals surface area contributed by atoms with E-state index in [9.17, 15) is 14.4 Å². The van der Waals surface area contributed by atoms with E-state index in [-0.39, 0.29) is 13.0 Å². The number of nitrogens with two attached hydrogens (primary N) is 1. The largest absolute Gasteiger partial charge is 0.481 e. The van der Waals surface area contributed by atoms with E-state index in [1.54, 1.807) is 24.3 Å². The summed E-state index contributed by atoms with van der Waals surface area (Å²) >= 11 is 0. The highest BCUT2D eigenvalue weighted by Crippen LogP contribution is 2.09. The highest BCUT2D eigenvalue weighted by Gasteiger charge is 2.17. The number of aliphatic carboxylic acids is 2. The van der Waals surface area contributed by atoms with Gasteiger partial charge in [-0.25, -0.2) is 0 Å². The Morgan fingerprint density at radius 3 is 2.25 bits per heavy atom. The first-order valence-electron chi connectivity index (χ1n) is 5.93. The minimum absolute atomic E-state index is 0.107. The Morgan fingerprint density at radius 2 is 1.70 bits per heavy atom. The van der Waals surface area contributed by atoms with Crippen molar-refractivity contribution in [2.75, 3.05) is 0 Å². The number of amides is 1. The normalized spacial score (nSPS) is 11.7. The summed E-state index contributed by atoms with van der Waals surface area (Å²) < 4.78 is 0. The summed E-state index contributed by atoms with van der Waals surface area (Å²) in [7, 11) is 0. The van der Waals surface area contributed by atoms with Crippen LogP contribution in [0, 0.1) is 0 Å². The molecule has 0 heterocycles. The molecule has 0 unspecified atom stereocenters. The predicted molar refractivity (Wildman–Crippen MR) is 69.9 cm³/mol. The van der Waals surface area contributed by atoms with E-state index in [4.69, 9.17) is 15.9 Å². The maximum absolute atomic E-state index is 11.6. The Labute approximate surface area is 115 Å². The predicted octanol–water partition coefficient (Wildman–Crippen LogP) is -0.268. The molecule has 108 valence electrons. The van der Waals surface area contributed by atoms with Crippen molar-refractivity contribution in [3.05, 3.63) is 35.4 Å². The van der Waals surface area contributed by atoms with Crippen LogP contribution in [0.5, 0.6) is 0 Å². The molecule has 0 spiro atoms. The van der Waals surface area contributed by atoms with Crippen molar-refractivity contribution in [2.24, 2.45) is 5.73 Å². The molecule has 0 aromatic heterocycles. The van der Waals surface area contributed by atoms with E-state index >= 15 is 0 Å². The van der Waals surface area contributed by atoms with Gasteiger partial charge in [-0.2, -0.15) is 0 Å². The Hall–Kier alpha value is -2.41. The van der Waals surface area contributed by atoms with Gasteiger partial charge >= 0.3 is 11.9 Å². The zero-order valence-corrected chi connectivity index (χ0v) is 10.7. The summed E-state index contributed by atoms with van der Waals surface area (Å²) in [4.78, 5) is 32.7. The van der Waals surface area contributed by atoms with E-state index in [0.717, 1.165) is 0 Å². The SMILES string of the molecule is N[C@@H](CC(=O)O)C(=O)NCc1ccccc1CC(=O)O. The topological polar surface area (TPSA) is 130 Å². The lowest BCUT2D eigenvalue weighted by molar-refractivity contribution is -0.139. The molecule has 0 saturated carbocycles. The average molecular weight is 280 g/mol. The lowest BCUT2D eigenvalue weighted by Gasteiger charge is -2.12. The van der Waals surface area contributed by atoms with Gasteiger partial charge in [0.2, 0.25) is 5.91 Å². The third-order valence-corrected chi connectivity index (χ3v) is 2.64. The lowest BCUT2D eigenvalue weighted by Crippen LogP contribution is -2.41. The van der Waals surface area contributed by atoms with Gasteiger partial charge in [-0.1, -0.05) is 24.3 Å². The first kappa shape index (κ1) is 15.6. The number of rotatable bonds is 7. The molecular formula is C13H16N2O5. The van der Waals surface area contributed by atoms with Crippen LogP contribution in [0.4, 0.5) is 0 Å². The van der Waals surface area contributed by atoms with Gasteiger partial charge in [0.15, 0.2) is 0 Å². The molecular weight excluding hydrogens is 264 g/mol. The fraction of sp³-hybridized carbons (Fsp3) is 0.308. The van der Waals surface area contributed by atoms with Gasteiger partial charge in [0.05, 0.1) is 18.9 Å². The van der Waals surface area contributed by atoms with Crippen molar-refractivity contribution < 1.29 is 24.6 Å². The maximum Gasteiger partial charge on any atom is 0.307 e. The van der Waals surface area contributed by atoms with Crippen molar-refractivity contribution in [2.45, 2.75) is 25.4 Å². The lowest BCUT2D eigenvalue weighted by atomic mass is 10.0. The third-order valence-electron chi connectivity index (χ3n) is 2.64. The second-order valence-electron chi connectivity index (χ2n) is 4.26. The molecule has 7 nitrogen and oxygen atoms in total. The van der Waals surface area contributed by atoms with E-state index in [2.05, 4.69) is 5.32 Å². The zero-order chi connectivity index (χ0) is 15.1. The molecule has 20 heavy (non-hydrogen) atoms. The number of hydrogen-bond acceptors (Lipinski definition) is 4. The summed E-state index contributed by atoms with van der Waals surface area (Å²) in [6.45, 7) is 0.107. The summed E-state index contributed by atoms with van der Waals surface area (Å²) in [5, 5.41) is 19.8. The minimum Gasteiger partial charge on any atom is -0.481 e. The zero-order valence-electron chi connectivity index (χ0n) is 10.7. The first-order chi connectivity index (χ1) is 9.40. The summed E-state index contributed by atoms with van der Waals surface area (Å²) in [6, 6.07) is 5.66. The van der Waals surface area contributed by atoms with Crippen LogP contribution in [0.25, 0.3) is 0 Å². The molecule has 0 aliphatic heterocycles. The summed E-state index contributed by atoms with van der Waals surface area (Å²) in [5.41, 5.74) is 6.66. The first-order valence-corrected chi connectivity index (χ1v) is 5.93. The molecule has 1 amide bonds. The van der Waals surface area contributed by atoms with Crippen molar-refractivity contribution >= 4 is 17.8 Å². The molecule has 1 aromatic rings. The molecule has 0 bridgehead atoms. The number of carboxylic acid groups (broad SMARTS) is 2. The van der Waals surface area contributed by atoms with Crippen molar-refractivity contribution in [3.8, 4) is 0 Å². The number of benzene rings is 1. The molecule has 1 atom stereocenters. The van der Waals surface area contributed by atoms with E-state index in [1.807, 2.05) is 0 Å². The van der Waals surface area contributed by atoms with E-state index < -0.39 is 30.3 Å². The Bertz CT molecular complexity index is 515. The van der Waals surface area contributed by atoms with Gasteiger partial charge in [0.1, 0.15) is 0 Å². The van der Waals surface area contributed by atoms with Crippen LogP contribution in [0.3, 0.4) is 0 Å². The fourth-order valence-corrected chi connectivity index (χ4v) is 1.66. The molecule has 0 aliphatic carbocycles. The molecule has 5 N–H and O–H groups in total. The third kappa shape index (κ3) is 5.07. The van der Waals surface area contributed by atoms with Crippen LogP contribution >= 0.6 is 0 Å². The van der Waals surface area contributed by atoms with Crippen LogP contribution in [0.1, 0.15) is 17.5 Å². The van der Waals surface area contributed by atoms with Crippen LogP contribution in [-0.4, -0.2) is 34.1 Å². The van der Waals surface area contributed by atoms with Gasteiger partial charge in [0, 0.05) is 6.54 Å². The molecule has 1 aromatic carbocycles. The fourth-order valence-electron chi connectivity index (χ4n) is 1.66. The van der Waals surface area contributed by atoms with Crippen LogP contribution < -0.4 is 11.1 Å². The van der Waals surface area contributed by atoms with Crippen molar-refractivity contribution in [1.29, 1.82) is 0 Å². The number of carboxylic acids is 2. The summed E-state index contributed by atoms with van der Waals surface area (Å²) in [6.07, 6.45) is -0.601. The Morgan fingerprint density at radius 1 is 1.10 bits per heavy atom. The minimum atomic E-state index is -1.15. The highest BCUT2D eigenvalue weighted by molar-refractivity contribution is 5.85. The number of carbonyl (C=O) groups excluding carboxylic acids is 1. The van der Waals surface area contributed by atoms with Crippen molar-refractivity contribution in [3.63, 3.8) is 0 Å².